The number of rotatable bonds is 5. The van der Waals surface area contributed by atoms with Crippen LogP contribution in [0.15, 0.2) is 67.0 Å². The fourth-order valence-corrected chi connectivity index (χ4v) is 4.26. The summed E-state index contributed by atoms with van der Waals surface area (Å²) >= 11 is 5.89. The average molecular weight is 491 g/mol. The zero-order valence-corrected chi connectivity index (χ0v) is 19.6. The third-order valence-corrected chi connectivity index (χ3v) is 6.16. The van der Waals surface area contributed by atoms with Crippen LogP contribution in [0.4, 0.5) is 26.5 Å². The molecule has 7 nitrogen and oxygen atoms in total. The van der Waals surface area contributed by atoms with Crippen molar-refractivity contribution in [1.29, 1.82) is 0 Å². The molecule has 9 heteroatoms. The van der Waals surface area contributed by atoms with Gasteiger partial charge in [-0.1, -0.05) is 11.6 Å². The number of hydrogen-bond acceptors (Lipinski definition) is 4. The van der Waals surface area contributed by atoms with Crippen LogP contribution >= 0.6 is 11.6 Å². The van der Waals surface area contributed by atoms with E-state index in [1.807, 2.05) is 12.1 Å². The number of nitrogens with one attached hydrogen (secondary N) is 3. The van der Waals surface area contributed by atoms with Crippen molar-refractivity contribution in [3.8, 4) is 22.5 Å². The first kappa shape index (κ1) is 22.9. The molecule has 2 amide bonds. The Kier molecular flexibility index (Phi) is 6.63. The second-order valence-corrected chi connectivity index (χ2v) is 8.78. The van der Waals surface area contributed by atoms with Gasteiger partial charge in [0.1, 0.15) is 5.82 Å². The number of amides is 2. The number of urea groups is 1. The zero-order valence-electron chi connectivity index (χ0n) is 18.9. The van der Waals surface area contributed by atoms with Crippen molar-refractivity contribution in [1.82, 2.24) is 15.0 Å². The van der Waals surface area contributed by atoms with Crippen LogP contribution in [-0.2, 0) is 0 Å². The van der Waals surface area contributed by atoms with Crippen molar-refractivity contribution in [3.05, 3.63) is 77.8 Å². The number of carbonyl (C=O) groups excluding carboxylic acids is 1. The van der Waals surface area contributed by atoms with Crippen LogP contribution in [0.1, 0.15) is 19.3 Å². The lowest BCUT2D eigenvalue weighted by Gasteiger charge is -2.25. The van der Waals surface area contributed by atoms with Gasteiger partial charge in [0.05, 0.1) is 17.1 Å². The first-order chi connectivity index (χ1) is 17.1. The van der Waals surface area contributed by atoms with Gasteiger partial charge in [0.25, 0.3) is 0 Å². The molecule has 0 spiro atoms. The summed E-state index contributed by atoms with van der Waals surface area (Å²) in [7, 11) is 0. The lowest BCUT2D eigenvalue weighted by molar-refractivity contribution is 0.262. The zero-order chi connectivity index (χ0) is 24.2. The van der Waals surface area contributed by atoms with Gasteiger partial charge in [-0.3, -0.25) is 4.98 Å². The van der Waals surface area contributed by atoms with Gasteiger partial charge in [0.2, 0.25) is 5.95 Å². The van der Waals surface area contributed by atoms with Crippen LogP contribution in [0.2, 0.25) is 5.02 Å². The Hall–Kier alpha value is -3.91. The molecule has 0 saturated carbocycles. The molecule has 3 heterocycles. The molecule has 0 aliphatic carbocycles. The van der Waals surface area contributed by atoms with Crippen LogP contribution in [-0.4, -0.2) is 34.1 Å². The maximum Gasteiger partial charge on any atom is 0.323 e. The number of pyridine rings is 1. The van der Waals surface area contributed by atoms with Crippen molar-refractivity contribution in [3.63, 3.8) is 0 Å². The number of hydrogen-bond donors (Lipinski definition) is 3. The summed E-state index contributed by atoms with van der Waals surface area (Å²) in [6.45, 7) is 1.87. The van der Waals surface area contributed by atoms with Crippen LogP contribution < -0.4 is 15.5 Å². The Morgan fingerprint density at radius 2 is 1.69 bits per heavy atom. The summed E-state index contributed by atoms with van der Waals surface area (Å²) in [4.78, 5) is 27.2. The molecule has 1 saturated heterocycles. The van der Waals surface area contributed by atoms with E-state index in [0.717, 1.165) is 43.1 Å². The molecule has 5 rings (SSSR count). The van der Waals surface area contributed by atoms with E-state index in [-0.39, 0.29) is 5.69 Å². The van der Waals surface area contributed by atoms with E-state index >= 15 is 0 Å². The largest absolute Gasteiger partial charge is 0.342 e. The van der Waals surface area contributed by atoms with Crippen molar-refractivity contribution < 1.29 is 9.18 Å². The number of aromatic amines is 1. The standard InChI is InChI=1S/C26H24ClFN6O/c27-19-5-7-20(8-6-19)30-26(35)31-22-16-18(4-9-21(22)28)24-23(17-10-12-29-13-11-17)32-25(33-24)34-14-2-1-3-15-34/h4-13,16H,1-3,14-15H2,(H,32,33)(H2,30,31,35). The van der Waals surface area contributed by atoms with Crippen molar-refractivity contribution >= 4 is 35.0 Å². The molecule has 1 fully saturated rings. The van der Waals surface area contributed by atoms with Crippen LogP contribution in [0.5, 0.6) is 0 Å². The van der Waals surface area contributed by atoms with E-state index in [1.54, 1.807) is 48.8 Å². The number of carbonyl (C=O) groups is 1. The van der Waals surface area contributed by atoms with Crippen LogP contribution in [0.25, 0.3) is 22.5 Å². The minimum atomic E-state index is -0.561. The third-order valence-electron chi connectivity index (χ3n) is 5.91. The van der Waals surface area contributed by atoms with Gasteiger partial charge in [0.15, 0.2) is 0 Å². The number of H-pyrrole nitrogens is 1. The van der Waals surface area contributed by atoms with E-state index in [1.165, 1.54) is 12.5 Å². The summed E-state index contributed by atoms with van der Waals surface area (Å²) in [6, 6.07) is 14.5. The maximum atomic E-state index is 14.7. The topological polar surface area (TPSA) is 85.9 Å². The molecule has 0 atom stereocenters. The molecular weight excluding hydrogens is 467 g/mol. The average Bonchev–Trinajstić information content (AvgIpc) is 3.33. The minimum absolute atomic E-state index is 0.0529. The molecule has 0 unspecified atom stereocenters. The third kappa shape index (κ3) is 5.27. The molecule has 35 heavy (non-hydrogen) atoms. The fourth-order valence-electron chi connectivity index (χ4n) is 4.14. The summed E-state index contributed by atoms with van der Waals surface area (Å²) in [5.74, 6) is 0.239. The first-order valence-electron chi connectivity index (χ1n) is 11.5. The normalized spacial score (nSPS) is 13.5. The van der Waals surface area contributed by atoms with Crippen molar-refractivity contribution in [2.45, 2.75) is 19.3 Å². The van der Waals surface area contributed by atoms with Gasteiger partial charge in [0, 0.05) is 47.3 Å². The smallest absolute Gasteiger partial charge is 0.323 e. The molecule has 0 bridgehead atoms. The summed E-state index contributed by atoms with van der Waals surface area (Å²) in [6.07, 6.45) is 6.90. The second-order valence-electron chi connectivity index (χ2n) is 8.35. The first-order valence-corrected chi connectivity index (χ1v) is 11.8. The summed E-state index contributed by atoms with van der Waals surface area (Å²) in [5, 5.41) is 5.83. The Morgan fingerprint density at radius 1 is 0.943 bits per heavy atom. The molecule has 1 aliphatic heterocycles. The molecule has 4 aromatic rings. The number of aromatic nitrogens is 3. The van der Waals surface area contributed by atoms with Gasteiger partial charge >= 0.3 is 6.03 Å². The quantitative estimate of drug-likeness (QED) is 0.295. The summed E-state index contributed by atoms with van der Waals surface area (Å²) in [5.41, 5.74) is 3.69. The highest BCUT2D eigenvalue weighted by molar-refractivity contribution is 6.30. The summed E-state index contributed by atoms with van der Waals surface area (Å²) < 4.78 is 14.7. The van der Waals surface area contributed by atoms with E-state index in [4.69, 9.17) is 16.6 Å². The predicted octanol–water partition coefficient (Wildman–Crippen LogP) is 6.57. The van der Waals surface area contributed by atoms with E-state index in [0.29, 0.717) is 22.0 Å². The molecular formula is C26H24ClFN6O. The SMILES string of the molecule is O=C(Nc1ccc(Cl)cc1)Nc1cc(-c2nc(N3CCCCC3)[nH]c2-c2ccncc2)ccc1F. The maximum absolute atomic E-state index is 14.7. The monoisotopic (exact) mass is 490 g/mol. The van der Waals surface area contributed by atoms with Crippen molar-refractivity contribution in [2.75, 3.05) is 28.6 Å². The van der Waals surface area contributed by atoms with Crippen LogP contribution in [0, 0.1) is 5.82 Å². The number of halogens is 2. The molecule has 1 aliphatic rings. The lowest BCUT2D eigenvalue weighted by Crippen LogP contribution is -2.30. The highest BCUT2D eigenvalue weighted by Gasteiger charge is 2.20. The minimum Gasteiger partial charge on any atom is -0.342 e. The van der Waals surface area contributed by atoms with Gasteiger partial charge in [-0.15, -0.1) is 0 Å². The number of benzene rings is 2. The van der Waals surface area contributed by atoms with Crippen molar-refractivity contribution in [2.24, 2.45) is 0 Å². The molecule has 0 radical (unpaired) electrons. The van der Waals surface area contributed by atoms with Gasteiger partial charge < -0.3 is 20.5 Å². The van der Waals surface area contributed by atoms with E-state index in [2.05, 4.69) is 25.5 Å². The van der Waals surface area contributed by atoms with Gasteiger partial charge in [-0.25, -0.2) is 14.2 Å². The molecule has 3 N–H and O–H groups in total. The van der Waals surface area contributed by atoms with E-state index < -0.39 is 11.8 Å². The Labute approximate surface area is 207 Å². The Bertz CT molecular complexity index is 1320. The Morgan fingerprint density at radius 3 is 2.43 bits per heavy atom. The molecule has 2 aromatic heterocycles. The second kappa shape index (κ2) is 10.1. The number of imidazole rings is 1. The highest BCUT2D eigenvalue weighted by Crippen LogP contribution is 2.34. The molecule has 2 aromatic carbocycles. The number of nitrogens with zero attached hydrogens (tertiary/aromatic N) is 3. The Balaban J connectivity index is 1.46. The van der Waals surface area contributed by atoms with Gasteiger partial charge in [-0.05, 0) is 73.9 Å². The predicted molar refractivity (Wildman–Crippen MR) is 137 cm³/mol. The number of piperidine rings is 1. The number of anilines is 3. The van der Waals surface area contributed by atoms with Gasteiger partial charge in [-0.2, -0.15) is 0 Å². The lowest BCUT2D eigenvalue weighted by atomic mass is 10.1. The molecule has 178 valence electrons. The van der Waals surface area contributed by atoms with E-state index in [9.17, 15) is 9.18 Å². The fraction of sp³-hybridized carbons (Fsp3) is 0.192. The highest BCUT2D eigenvalue weighted by atomic mass is 35.5. The van der Waals surface area contributed by atoms with Crippen LogP contribution in [0.3, 0.4) is 0 Å².